The first-order valence-electron chi connectivity index (χ1n) is 10.7. The molecule has 3 rings (SSSR count). The third kappa shape index (κ3) is 5.84. The Morgan fingerprint density at radius 3 is 2.18 bits per heavy atom. The summed E-state index contributed by atoms with van der Waals surface area (Å²) in [7, 11) is -3.92. The summed E-state index contributed by atoms with van der Waals surface area (Å²) in [6.45, 7) is 5.19. The van der Waals surface area contributed by atoms with Crippen LogP contribution in [0.5, 0.6) is 11.5 Å². The SMILES string of the molecule is CC(C)(C)OC(=O)N1CCC(CC(=O)O)(c2ccc(Oc3ccccc3)cc2)S(=O)(=O)CC1. The molecule has 2 aromatic rings. The van der Waals surface area contributed by atoms with Gasteiger partial charge in [-0.1, -0.05) is 30.3 Å². The van der Waals surface area contributed by atoms with E-state index in [0.29, 0.717) is 17.1 Å². The number of sulfone groups is 1. The maximum atomic E-state index is 13.4. The third-order valence-corrected chi connectivity index (χ3v) is 7.95. The van der Waals surface area contributed by atoms with E-state index in [0.717, 1.165) is 0 Å². The quantitative estimate of drug-likeness (QED) is 0.690. The number of carbonyl (C=O) groups is 2. The minimum Gasteiger partial charge on any atom is -0.481 e. The number of carbonyl (C=O) groups excluding carboxylic acids is 1. The van der Waals surface area contributed by atoms with Crippen LogP contribution in [0.4, 0.5) is 4.79 Å². The lowest BCUT2D eigenvalue weighted by Gasteiger charge is -2.31. The largest absolute Gasteiger partial charge is 0.481 e. The van der Waals surface area contributed by atoms with Gasteiger partial charge in [0.05, 0.1) is 12.2 Å². The van der Waals surface area contributed by atoms with Crippen LogP contribution in [-0.4, -0.2) is 54.9 Å². The number of amides is 1. The molecule has 1 aliphatic rings. The summed E-state index contributed by atoms with van der Waals surface area (Å²) in [5.41, 5.74) is -0.369. The van der Waals surface area contributed by atoms with E-state index in [-0.39, 0.29) is 25.3 Å². The Morgan fingerprint density at radius 2 is 1.61 bits per heavy atom. The molecule has 9 heteroatoms. The summed E-state index contributed by atoms with van der Waals surface area (Å²) in [5, 5.41) is 9.60. The average Bonchev–Trinajstić information content (AvgIpc) is 2.85. The van der Waals surface area contributed by atoms with Crippen molar-refractivity contribution in [2.24, 2.45) is 0 Å². The number of carboxylic acid groups (broad SMARTS) is 1. The number of rotatable bonds is 5. The Labute approximate surface area is 194 Å². The number of aliphatic carboxylic acids is 1. The van der Waals surface area contributed by atoms with E-state index in [1.807, 2.05) is 18.2 Å². The first-order chi connectivity index (χ1) is 15.4. The maximum absolute atomic E-state index is 13.4. The van der Waals surface area contributed by atoms with Gasteiger partial charge in [0.15, 0.2) is 9.84 Å². The zero-order chi connectivity index (χ0) is 24.3. The van der Waals surface area contributed by atoms with Crippen LogP contribution in [0.1, 0.15) is 39.2 Å². The molecular formula is C24H29NO7S. The molecule has 1 saturated heterocycles. The highest BCUT2D eigenvalue weighted by Gasteiger charge is 2.49. The number of carboxylic acids is 1. The smallest absolute Gasteiger partial charge is 0.410 e. The van der Waals surface area contributed by atoms with Gasteiger partial charge in [-0.2, -0.15) is 0 Å². The molecule has 2 aromatic carbocycles. The van der Waals surface area contributed by atoms with Crippen molar-refractivity contribution in [3.05, 3.63) is 60.2 Å². The van der Waals surface area contributed by atoms with Gasteiger partial charge in [-0.05, 0) is 57.0 Å². The second-order valence-electron chi connectivity index (χ2n) is 9.04. The van der Waals surface area contributed by atoms with Gasteiger partial charge in [0.2, 0.25) is 0 Å². The van der Waals surface area contributed by atoms with Crippen molar-refractivity contribution in [3.63, 3.8) is 0 Å². The third-order valence-electron chi connectivity index (χ3n) is 5.46. The van der Waals surface area contributed by atoms with Crippen molar-refractivity contribution < 1.29 is 32.6 Å². The molecule has 1 heterocycles. The van der Waals surface area contributed by atoms with Crippen LogP contribution in [0.2, 0.25) is 0 Å². The van der Waals surface area contributed by atoms with Crippen molar-refractivity contribution in [1.82, 2.24) is 4.90 Å². The van der Waals surface area contributed by atoms with E-state index in [4.69, 9.17) is 9.47 Å². The molecule has 1 atom stereocenters. The highest BCUT2D eigenvalue weighted by Crippen LogP contribution is 2.41. The highest BCUT2D eigenvalue weighted by atomic mass is 32.2. The summed E-state index contributed by atoms with van der Waals surface area (Å²) in [5.74, 6) is -0.465. The minimum atomic E-state index is -3.92. The van der Waals surface area contributed by atoms with Gasteiger partial charge in [0, 0.05) is 13.1 Å². The fourth-order valence-electron chi connectivity index (χ4n) is 3.84. The second-order valence-corrected chi connectivity index (χ2v) is 11.5. The molecule has 1 fully saturated rings. The molecule has 0 bridgehead atoms. The highest BCUT2D eigenvalue weighted by molar-refractivity contribution is 7.92. The maximum Gasteiger partial charge on any atom is 0.410 e. The monoisotopic (exact) mass is 475 g/mol. The van der Waals surface area contributed by atoms with E-state index in [2.05, 4.69) is 0 Å². The lowest BCUT2D eigenvalue weighted by atomic mass is 9.91. The molecule has 0 aromatic heterocycles. The molecule has 0 aliphatic carbocycles. The number of hydrogen-bond acceptors (Lipinski definition) is 6. The lowest BCUT2D eigenvalue weighted by Crippen LogP contribution is -2.40. The molecule has 33 heavy (non-hydrogen) atoms. The van der Waals surface area contributed by atoms with Gasteiger partial charge >= 0.3 is 12.1 Å². The summed E-state index contributed by atoms with van der Waals surface area (Å²) < 4.78 is 36.3. The first kappa shape index (κ1) is 24.6. The predicted octanol–water partition coefficient (Wildman–Crippen LogP) is 4.20. The molecule has 1 unspecified atom stereocenters. The molecule has 1 amide bonds. The van der Waals surface area contributed by atoms with E-state index < -0.39 is 38.7 Å². The molecule has 0 saturated carbocycles. The van der Waals surface area contributed by atoms with E-state index >= 15 is 0 Å². The molecule has 1 aliphatic heterocycles. The van der Waals surface area contributed by atoms with Crippen molar-refractivity contribution in [2.75, 3.05) is 18.8 Å². The number of para-hydroxylation sites is 1. The normalized spacial score (nSPS) is 20.5. The Balaban J connectivity index is 1.92. The predicted molar refractivity (Wildman–Crippen MR) is 123 cm³/mol. The molecular weight excluding hydrogens is 446 g/mol. The van der Waals surface area contributed by atoms with Gasteiger partial charge in [-0.25, -0.2) is 13.2 Å². The van der Waals surface area contributed by atoms with Crippen molar-refractivity contribution in [2.45, 2.75) is 44.0 Å². The van der Waals surface area contributed by atoms with Crippen LogP contribution in [0.15, 0.2) is 54.6 Å². The Bertz CT molecular complexity index is 1090. The average molecular weight is 476 g/mol. The number of hydrogen-bond donors (Lipinski definition) is 1. The van der Waals surface area contributed by atoms with Crippen molar-refractivity contribution >= 4 is 21.9 Å². The van der Waals surface area contributed by atoms with E-state index in [9.17, 15) is 23.1 Å². The molecule has 1 N–H and O–H groups in total. The van der Waals surface area contributed by atoms with Gasteiger partial charge in [0.1, 0.15) is 21.8 Å². The van der Waals surface area contributed by atoms with Crippen LogP contribution in [0, 0.1) is 0 Å². The van der Waals surface area contributed by atoms with Crippen molar-refractivity contribution in [1.29, 1.82) is 0 Å². The molecule has 0 radical (unpaired) electrons. The van der Waals surface area contributed by atoms with Crippen LogP contribution in [0.25, 0.3) is 0 Å². The van der Waals surface area contributed by atoms with Gasteiger partial charge < -0.3 is 19.5 Å². The zero-order valence-corrected chi connectivity index (χ0v) is 19.8. The summed E-state index contributed by atoms with van der Waals surface area (Å²) in [4.78, 5) is 25.6. The summed E-state index contributed by atoms with van der Waals surface area (Å²) in [6.07, 6.45) is -1.27. The standard InChI is InChI=1S/C24H29NO7S/c1-23(2,3)32-22(28)25-14-13-24(17-21(26)27,33(29,30)16-15-25)18-9-11-20(12-10-18)31-19-7-5-4-6-8-19/h4-12H,13-17H2,1-3H3,(H,26,27). The Morgan fingerprint density at radius 1 is 1.00 bits per heavy atom. The summed E-state index contributed by atoms with van der Waals surface area (Å²) in [6, 6.07) is 15.5. The van der Waals surface area contributed by atoms with E-state index in [1.165, 1.54) is 4.90 Å². The molecule has 8 nitrogen and oxygen atoms in total. The fourth-order valence-corrected chi connectivity index (χ4v) is 5.93. The minimum absolute atomic E-state index is 0.0558. The molecule has 178 valence electrons. The number of ether oxygens (including phenoxy) is 2. The number of nitrogens with zero attached hydrogens (tertiary/aromatic N) is 1. The second kappa shape index (κ2) is 9.43. The van der Waals surface area contributed by atoms with Crippen LogP contribution < -0.4 is 4.74 Å². The topological polar surface area (TPSA) is 110 Å². The Kier molecular flexibility index (Phi) is 7.02. The van der Waals surface area contributed by atoms with Gasteiger partial charge in [-0.15, -0.1) is 0 Å². The van der Waals surface area contributed by atoms with E-state index in [1.54, 1.807) is 57.2 Å². The van der Waals surface area contributed by atoms with Crippen LogP contribution in [0.3, 0.4) is 0 Å². The first-order valence-corrected chi connectivity index (χ1v) is 12.3. The summed E-state index contributed by atoms with van der Waals surface area (Å²) >= 11 is 0. The van der Waals surface area contributed by atoms with Crippen LogP contribution in [-0.2, 0) is 24.1 Å². The van der Waals surface area contributed by atoms with Gasteiger partial charge in [-0.3, -0.25) is 4.79 Å². The van der Waals surface area contributed by atoms with Gasteiger partial charge in [0.25, 0.3) is 0 Å². The lowest BCUT2D eigenvalue weighted by molar-refractivity contribution is -0.137. The molecule has 0 spiro atoms. The fraction of sp³-hybridized carbons (Fsp3) is 0.417. The van der Waals surface area contributed by atoms with Crippen molar-refractivity contribution in [3.8, 4) is 11.5 Å². The number of benzene rings is 2. The van der Waals surface area contributed by atoms with Crippen LogP contribution >= 0.6 is 0 Å². The zero-order valence-electron chi connectivity index (χ0n) is 19.0. The Hall–Kier alpha value is -3.07.